The minimum atomic E-state index is 0.156. The van der Waals surface area contributed by atoms with Crippen LogP contribution in [0.25, 0.3) is 0 Å². The zero-order valence-electron chi connectivity index (χ0n) is 13.2. The maximum absolute atomic E-state index is 11.4. The lowest BCUT2D eigenvalue weighted by molar-refractivity contribution is -0.120. The predicted octanol–water partition coefficient (Wildman–Crippen LogP) is 2.46. The zero-order valence-corrected chi connectivity index (χ0v) is 13.2. The Kier molecular flexibility index (Phi) is 6.05. The van der Waals surface area contributed by atoms with Crippen LogP contribution in [0.15, 0.2) is 24.3 Å². The van der Waals surface area contributed by atoms with Crippen LogP contribution in [-0.4, -0.2) is 32.1 Å². The molecule has 21 heavy (non-hydrogen) atoms. The molecule has 116 valence electrons. The summed E-state index contributed by atoms with van der Waals surface area (Å²) in [7, 11) is 0. The molecule has 1 heterocycles. The fourth-order valence-corrected chi connectivity index (χ4v) is 2.76. The van der Waals surface area contributed by atoms with Crippen molar-refractivity contribution in [3.05, 3.63) is 29.8 Å². The number of hydrogen-bond donors (Lipinski definition) is 2. The van der Waals surface area contributed by atoms with E-state index in [0.29, 0.717) is 12.5 Å². The Balaban J connectivity index is 2.01. The van der Waals surface area contributed by atoms with Gasteiger partial charge in [0, 0.05) is 37.8 Å². The highest BCUT2D eigenvalue weighted by molar-refractivity contribution is 5.77. The van der Waals surface area contributed by atoms with Gasteiger partial charge in [0.2, 0.25) is 5.91 Å². The van der Waals surface area contributed by atoms with Gasteiger partial charge < -0.3 is 15.5 Å². The number of hydrogen-bond acceptors (Lipinski definition) is 3. The van der Waals surface area contributed by atoms with Crippen LogP contribution in [-0.2, 0) is 4.79 Å². The number of rotatable bonds is 6. The summed E-state index contributed by atoms with van der Waals surface area (Å²) in [4.78, 5) is 13.7. The second kappa shape index (κ2) is 8.03. The Bertz CT molecular complexity index is 444. The van der Waals surface area contributed by atoms with Crippen LogP contribution in [0, 0.1) is 0 Å². The van der Waals surface area contributed by atoms with Gasteiger partial charge in [-0.2, -0.15) is 0 Å². The van der Waals surface area contributed by atoms with Gasteiger partial charge in [-0.3, -0.25) is 4.79 Å². The number of carbonyl (C=O) groups is 1. The first kappa shape index (κ1) is 15.8. The van der Waals surface area contributed by atoms with Crippen molar-refractivity contribution in [1.29, 1.82) is 0 Å². The van der Waals surface area contributed by atoms with Crippen LogP contribution in [0.5, 0.6) is 0 Å². The molecule has 1 unspecified atom stereocenters. The highest BCUT2D eigenvalue weighted by Gasteiger charge is 2.14. The van der Waals surface area contributed by atoms with Gasteiger partial charge in [-0.05, 0) is 37.1 Å². The minimum Gasteiger partial charge on any atom is -0.369 e. The van der Waals surface area contributed by atoms with Crippen molar-refractivity contribution in [3.63, 3.8) is 0 Å². The Morgan fingerprint density at radius 3 is 2.67 bits per heavy atom. The van der Waals surface area contributed by atoms with Gasteiger partial charge in [-0.1, -0.05) is 26.0 Å². The fraction of sp³-hybridized carbons (Fsp3) is 0.588. The number of anilines is 1. The first-order chi connectivity index (χ1) is 10.2. The molecular formula is C17H27N3O. The highest BCUT2D eigenvalue weighted by atomic mass is 16.1. The normalized spacial score (nSPS) is 17.2. The van der Waals surface area contributed by atoms with Crippen molar-refractivity contribution >= 4 is 11.6 Å². The first-order valence-electron chi connectivity index (χ1n) is 8.09. The molecule has 1 aromatic carbocycles. The maximum Gasteiger partial charge on any atom is 0.221 e. The Hall–Kier alpha value is -1.55. The highest BCUT2D eigenvalue weighted by Crippen LogP contribution is 2.21. The van der Waals surface area contributed by atoms with Gasteiger partial charge in [0.1, 0.15) is 0 Å². The Morgan fingerprint density at radius 2 is 2.00 bits per heavy atom. The molecule has 4 nitrogen and oxygen atoms in total. The molecule has 2 N–H and O–H groups in total. The van der Waals surface area contributed by atoms with Crippen LogP contribution in [0.1, 0.15) is 44.7 Å². The average Bonchev–Trinajstić information content (AvgIpc) is 2.73. The van der Waals surface area contributed by atoms with E-state index in [-0.39, 0.29) is 5.91 Å². The summed E-state index contributed by atoms with van der Waals surface area (Å²) in [5, 5.41) is 6.50. The summed E-state index contributed by atoms with van der Waals surface area (Å²) in [6, 6.07) is 9.23. The second-order valence-electron chi connectivity index (χ2n) is 5.59. The number of benzene rings is 1. The van der Waals surface area contributed by atoms with Crippen LogP contribution < -0.4 is 15.5 Å². The lowest BCUT2D eigenvalue weighted by Crippen LogP contribution is -2.28. The summed E-state index contributed by atoms with van der Waals surface area (Å²) in [6.45, 7) is 7.88. The molecule has 0 radical (unpaired) electrons. The third-order valence-electron chi connectivity index (χ3n) is 4.02. The number of nitrogens with one attached hydrogen (secondary N) is 2. The van der Waals surface area contributed by atoms with E-state index in [1.807, 2.05) is 0 Å². The third kappa shape index (κ3) is 4.46. The lowest BCUT2D eigenvalue weighted by atomic mass is 10.0. The quantitative estimate of drug-likeness (QED) is 0.845. The van der Waals surface area contributed by atoms with E-state index in [1.54, 1.807) is 0 Å². The van der Waals surface area contributed by atoms with Gasteiger partial charge in [-0.15, -0.1) is 0 Å². The Morgan fingerprint density at radius 1 is 1.24 bits per heavy atom. The molecule has 0 saturated carbocycles. The predicted molar refractivity (Wildman–Crippen MR) is 87.6 cm³/mol. The average molecular weight is 289 g/mol. The third-order valence-corrected chi connectivity index (χ3v) is 4.02. The fourth-order valence-electron chi connectivity index (χ4n) is 2.76. The molecule has 1 aliphatic rings. The van der Waals surface area contributed by atoms with Gasteiger partial charge in [-0.25, -0.2) is 0 Å². The van der Waals surface area contributed by atoms with Gasteiger partial charge in [0.15, 0.2) is 0 Å². The standard InChI is InChI=1S/C17H27N3O/c1-3-10-18-16(4-2)14-5-7-15(8-6-14)20-12-9-17(21)19-11-13-20/h5-8,16,18H,3-4,9-13H2,1-2H3,(H,19,21). The van der Waals surface area contributed by atoms with E-state index in [9.17, 15) is 4.79 Å². The molecule has 0 aliphatic carbocycles. The molecule has 1 fully saturated rings. The zero-order chi connectivity index (χ0) is 15.1. The SMILES string of the molecule is CCCNC(CC)c1ccc(N2CCNC(=O)CC2)cc1. The summed E-state index contributed by atoms with van der Waals surface area (Å²) in [5.41, 5.74) is 2.55. The van der Waals surface area contributed by atoms with Crippen molar-refractivity contribution in [2.45, 2.75) is 39.2 Å². The van der Waals surface area contributed by atoms with Crippen LogP contribution in [0.4, 0.5) is 5.69 Å². The van der Waals surface area contributed by atoms with Crippen molar-refractivity contribution in [3.8, 4) is 0 Å². The van der Waals surface area contributed by atoms with Crippen LogP contribution >= 0.6 is 0 Å². The van der Waals surface area contributed by atoms with Crippen LogP contribution in [0.2, 0.25) is 0 Å². The molecule has 0 bridgehead atoms. The monoisotopic (exact) mass is 289 g/mol. The molecule has 2 rings (SSSR count). The van der Waals surface area contributed by atoms with Gasteiger partial charge >= 0.3 is 0 Å². The van der Waals surface area contributed by atoms with E-state index in [4.69, 9.17) is 0 Å². The van der Waals surface area contributed by atoms with Crippen LogP contribution in [0.3, 0.4) is 0 Å². The summed E-state index contributed by atoms with van der Waals surface area (Å²) < 4.78 is 0. The van der Waals surface area contributed by atoms with Crippen molar-refractivity contribution in [1.82, 2.24) is 10.6 Å². The largest absolute Gasteiger partial charge is 0.369 e. The lowest BCUT2D eigenvalue weighted by Gasteiger charge is -2.23. The maximum atomic E-state index is 11.4. The molecule has 1 atom stereocenters. The van der Waals surface area contributed by atoms with E-state index < -0.39 is 0 Å². The molecule has 1 aliphatic heterocycles. The molecule has 0 spiro atoms. The number of nitrogens with zero attached hydrogens (tertiary/aromatic N) is 1. The summed E-state index contributed by atoms with van der Waals surface area (Å²) in [5.74, 6) is 0.156. The van der Waals surface area contributed by atoms with Crippen molar-refractivity contribution < 1.29 is 4.79 Å². The second-order valence-corrected chi connectivity index (χ2v) is 5.59. The van der Waals surface area contributed by atoms with Crippen molar-refractivity contribution in [2.24, 2.45) is 0 Å². The van der Waals surface area contributed by atoms with E-state index in [0.717, 1.165) is 39.0 Å². The van der Waals surface area contributed by atoms with E-state index in [2.05, 4.69) is 53.6 Å². The smallest absolute Gasteiger partial charge is 0.221 e. The molecule has 1 aromatic rings. The first-order valence-corrected chi connectivity index (χ1v) is 8.09. The molecule has 1 amide bonds. The molecular weight excluding hydrogens is 262 g/mol. The van der Waals surface area contributed by atoms with E-state index >= 15 is 0 Å². The summed E-state index contributed by atoms with van der Waals surface area (Å²) >= 11 is 0. The van der Waals surface area contributed by atoms with E-state index in [1.165, 1.54) is 11.3 Å². The van der Waals surface area contributed by atoms with Gasteiger partial charge in [0.05, 0.1) is 0 Å². The topological polar surface area (TPSA) is 44.4 Å². The van der Waals surface area contributed by atoms with Gasteiger partial charge in [0.25, 0.3) is 0 Å². The minimum absolute atomic E-state index is 0.156. The molecule has 1 saturated heterocycles. The summed E-state index contributed by atoms with van der Waals surface area (Å²) in [6.07, 6.45) is 2.84. The number of carbonyl (C=O) groups excluding carboxylic acids is 1. The Labute approximate surface area is 127 Å². The number of amides is 1. The van der Waals surface area contributed by atoms with Crippen molar-refractivity contribution in [2.75, 3.05) is 31.1 Å². The molecule has 0 aromatic heterocycles. The molecule has 4 heteroatoms.